The first-order valence-electron chi connectivity index (χ1n) is 14.3. The first-order valence-corrected chi connectivity index (χ1v) is 14.3. The maximum atomic E-state index is 4.82. The lowest BCUT2D eigenvalue weighted by Gasteiger charge is -2.18. The molecule has 0 radical (unpaired) electrons. The monoisotopic (exact) mass is 537 g/mol. The molecule has 2 aromatic heterocycles. The third kappa shape index (κ3) is 3.90. The molecule has 0 atom stereocenters. The highest BCUT2D eigenvalue weighted by Gasteiger charge is 2.17. The number of nitrogens with zero attached hydrogens (tertiary/aromatic N) is 3. The summed E-state index contributed by atoms with van der Waals surface area (Å²) < 4.78 is 2.25. The molecule has 0 amide bonds. The van der Waals surface area contributed by atoms with Crippen LogP contribution in [-0.4, -0.2) is 14.5 Å². The molecule has 0 bridgehead atoms. The van der Waals surface area contributed by atoms with Crippen LogP contribution in [0.2, 0.25) is 0 Å². The zero-order valence-corrected chi connectivity index (χ0v) is 23.2. The Morgan fingerprint density at radius 3 is 1.76 bits per heavy atom. The van der Waals surface area contributed by atoms with Gasteiger partial charge < -0.3 is 0 Å². The van der Waals surface area contributed by atoms with E-state index in [0.717, 1.165) is 33.8 Å². The van der Waals surface area contributed by atoms with Crippen LogP contribution >= 0.6 is 0 Å². The average molecular weight is 538 g/mol. The highest BCUT2D eigenvalue weighted by Crippen LogP contribution is 2.44. The van der Waals surface area contributed by atoms with E-state index >= 15 is 0 Å². The lowest BCUT2D eigenvalue weighted by molar-refractivity contribution is 1.00. The largest absolute Gasteiger partial charge is 0.297 e. The third-order valence-corrected chi connectivity index (χ3v) is 8.19. The van der Waals surface area contributed by atoms with Gasteiger partial charge in [-0.2, -0.15) is 0 Å². The summed E-state index contributed by atoms with van der Waals surface area (Å²) >= 11 is 0. The fraction of sp³-hybridized carbons (Fsp3) is 0.0256. The molecule has 0 fully saturated rings. The molecule has 3 heteroatoms. The summed E-state index contributed by atoms with van der Waals surface area (Å²) in [5, 5.41) is 4.96. The second kappa shape index (κ2) is 9.83. The normalized spacial score (nSPS) is 11.5. The van der Waals surface area contributed by atoms with Crippen LogP contribution in [0.4, 0.5) is 0 Å². The summed E-state index contributed by atoms with van der Waals surface area (Å²) in [6.07, 6.45) is 1.84. The van der Waals surface area contributed by atoms with Crippen molar-refractivity contribution in [2.45, 2.75) is 6.92 Å². The van der Waals surface area contributed by atoms with E-state index in [4.69, 9.17) is 4.98 Å². The zero-order chi connectivity index (χ0) is 28.0. The molecule has 0 unspecified atom stereocenters. The van der Waals surface area contributed by atoms with Gasteiger partial charge in [0, 0.05) is 17.4 Å². The second-order valence-electron chi connectivity index (χ2n) is 10.7. The van der Waals surface area contributed by atoms with Gasteiger partial charge in [0.15, 0.2) is 0 Å². The van der Waals surface area contributed by atoms with Crippen molar-refractivity contribution in [2.75, 3.05) is 0 Å². The second-order valence-corrected chi connectivity index (χ2v) is 10.7. The van der Waals surface area contributed by atoms with E-state index in [-0.39, 0.29) is 0 Å². The molecule has 0 saturated heterocycles. The molecule has 0 saturated carbocycles. The van der Waals surface area contributed by atoms with Crippen LogP contribution in [0.15, 0.2) is 146 Å². The topological polar surface area (TPSA) is 30.7 Å². The van der Waals surface area contributed by atoms with Crippen molar-refractivity contribution in [2.24, 2.45) is 0 Å². The van der Waals surface area contributed by atoms with Crippen molar-refractivity contribution < 1.29 is 0 Å². The molecule has 6 aromatic carbocycles. The number of pyridine rings is 1. The minimum Gasteiger partial charge on any atom is -0.297 e. The van der Waals surface area contributed by atoms with Crippen LogP contribution in [0.3, 0.4) is 0 Å². The van der Waals surface area contributed by atoms with E-state index in [0.29, 0.717) is 0 Å². The van der Waals surface area contributed by atoms with Crippen molar-refractivity contribution in [1.29, 1.82) is 0 Å². The van der Waals surface area contributed by atoms with E-state index in [9.17, 15) is 0 Å². The van der Waals surface area contributed by atoms with E-state index < -0.39 is 0 Å². The van der Waals surface area contributed by atoms with Crippen LogP contribution in [0.5, 0.6) is 0 Å². The summed E-state index contributed by atoms with van der Waals surface area (Å²) in [6, 6.07) is 49.6. The number of para-hydroxylation sites is 2. The molecule has 8 rings (SSSR count). The van der Waals surface area contributed by atoms with Crippen LogP contribution in [0.1, 0.15) is 5.82 Å². The van der Waals surface area contributed by atoms with Gasteiger partial charge in [0.2, 0.25) is 0 Å². The molecular formula is C39H27N3. The molecule has 0 spiro atoms. The lowest BCUT2D eigenvalue weighted by Crippen LogP contribution is -1.97. The zero-order valence-electron chi connectivity index (χ0n) is 23.2. The molecule has 0 aliphatic carbocycles. The Balaban J connectivity index is 1.36. The fourth-order valence-electron chi connectivity index (χ4n) is 6.36. The summed E-state index contributed by atoms with van der Waals surface area (Å²) in [5.74, 6) is 0.979. The minimum atomic E-state index is 0.979. The molecule has 2 heterocycles. The lowest BCUT2D eigenvalue weighted by atomic mass is 9.85. The fourth-order valence-corrected chi connectivity index (χ4v) is 6.36. The molecular weight excluding hydrogens is 510 g/mol. The number of benzene rings is 6. The highest BCUT2D eigenvalue weighted by atomic mass is 15.1. The smallest absolute Gasteiger partial charge is 0.111 e. The van der Waals surface area contributed by atoms with E-state index in [1.807, 2.05) is 24.4 Å². The number of rotatable bonds is 4. The quantitative estimate of drug-likeness (QED) is 0.209. The summed E-state index contributed by atoms with van der Waals surface area (Å²) in [6.45, 7) is 2.07. The van der Waals surface area contributed by atoms with Crippen molar-refractivity contribution in [3.05, 3.63) is 152 Å². The average Bonchev–Trinajstić information content (AvgIpc) is 3.39. The minimum absolute atomic E-state index is 0.979. The first-order chi connectivity index (χ1) is 20.8. The maximum absolute atomic E-state index is 4.82. The van der Waals surface area contributed by atoms with Crippen LogP contribution in [0.25, 0.3) is 71.8 Å². The van der Waals surface area contributed by atoms with E-state index in [2.05, 4.69) is 138 Å². The Morgan fingerprint density at radius 1 is 0.500 bits per heavy atom. The molecule has 0 aliphatic heterocycles. The van der Waals surface area contributed by atoms with Gasteiger partial charge in [-0.25, -0.2) is 4.98 Å². The van der Waals surface area contributed by atoms with Crippen molar-refractivity contribution >= 4 is 32.6 Å². The number of aryl methyl sites for hydroxylation is 1. The summed E-state index contributed by atoms with van der Waals surface area (Å²) in [5.41, 5.74) is 10.2. The van der Waals surface area contributed by atoms with Gasteiger partial charge in [-0.05, 0) is 87.1 Å². The maximum Gasteiger partial charge on any atom is 0.111 e. The van der Waals surface area contributed by atoms with Crippen molar-refractivity contribution in [3.8, 4) is 39.2 Å². The predicted molar refractivity (Wildman–Crippen MR) is 175 cm³/mol. The summed E-state index contributed by atoms with van der Waals surface area (Å²) in [7, 11) is 0. The predicted octanol–water partition coefficient (Wildman–Crippen LogP) is 10.0. The van der Waals surface area contributed by atoms with Gasteiger partial charge in [0.05, 0.1) is 16.7 Å². The van der Waals surface area contributed by atoms with Gasteiger partial charge in [-0.3, -0.25) is 9.55 Å². The molecule has 0 aliphatic rings. The van der Waals surface area contributed by atoms with Gasteiger partial charge >= 0.3 is 0 Å². The number of fused-ring (bicyclic) bond motifs is 3. The summed E-state index contributed by atoms with van der Waals surface area (Å²) in [4.78, 5) is 9.36. The number of hydrogen-bond donors (Lipinski definition) is 0. The molecule has 3 nitrogen and oxygen atoms in total. The SMILES string of the molecule is Cc1nc2ccccc2n1-c1cccc(-c2c3ccccc3c(-c3ccc(-c4ccccn4)cc3)c3ccccc23)c1. The Hall–Kier alpha value is -5.54. The van der Waals surface area contributed by atoms with Gasteiger partial charge in [-0.1, -0.05) is 103 Å². The van der Waals surface area contributed by atoms with Crippen molar-refractivity contribution in [1.82, 2.24) is 14.5 Å². The van der Waals surface area contributed by atoms with Crippen LogP contribution in [-0.2, 0) is 0 Å². The number of hydrogen-bond acceptors (Lipinski definition) is 2. The molecule has 0 N–H and O–H groups in total. The Labute approximate surface area is 244 Å². The Kier molecular flexibility index (Phi) is 5.68. The molecule has 8 aromatic rings. The Morgan fingerprint density at radius 2 is 1.10 bits per heavy atom. The Bertz CT molecular complexity index is 2190. The molecule has 198 valence electrons. The molecule has 42 heavy (non-hydrogen) atoms. The van der Waals surface area contributed by atoms with Gasteiger partial charge in [-0.15, -0.1) is 0 Å². The number of imidazole rings is 1. The van der Waals surface area contributed by atoms with E-state index in [1.54, 1.807) is 0 Å². The van der Waals surface area contributed by atoms with E-state index in [1.165, 1.54) is 43.8 Å². The van der Waals surface area contributed by atoms with Gasteiger partial charge in [0.25, 0.3) is 0 Å². The third-order valence-electron chi connectivity index (χ3n) is 8.19. The van der Waals surface area contributed by atoms with Crippen LogP contribution < -0.4 is 0 Å². The first kappa shape index (κ1) is 24.3. The number of aromatic nitrogens is 3. The standard InChI is InChI=1S/C39H27N3/c1-26-41-36-18-6-7-19-37(36)42(26)30-12-10-11-29(25-30)39-33-15-4-2-13-31(33)38(32-14-3-5-16-34(32)39)28-22-20-27(21-23-28)35-17-8-9-24-40-35/h2-25H,1H3. The highest BCUT2D eigenvalue weighted by molar-refractivity contribution is 6.21. The van der Waals surface area contributed by atoms with Crippen molar-refractivity contribution in [3.63, 3.8) is 0 Å². The van der Waals surface area contributed by atoms with Crippen LogP contribution in [0, 0.1) is 6.92 Å². The van der Waals surface area contributed by atoms with Gasteiger partial charge in [0.1, 0.15) is 5.82 Å².